The molecular formula is C22H24N2O4. The summed E-state index contributed by atoms with van der Waals surface area (Å²) in [6.45, 7) is 0.344. The second-order valence-corrected chi connectivity index (χ2v) is 6.60. The Morgan fingerprint density at radius 2 is 1.82 bits per heavy atom. The van der Waals surface area contributed by atoms with Crippen LogP contribution in [0.25, 0.3) is 6.08 Å². The molecule has 0 aromatic heterocycles. The molecule has 0 aliphatic heterocycles. The van der Waals surface area contributed by atoms with E-state index in [0.717, 1.165) is 24.0 Å². The first kappa shape index (κ1) is 19.5. The molecule has 28 heavy (non-hydrogen) atoms. The average Bonchev–Trinajstić information content (AvgIpc) is 3.54. The van der Waals surface area contributed by atoms with Gasteiger partial charge in [-0.1, -0.05) is 12.1 Å². The van der Waals surface area contributed by atoms with Crippen LogP contribution in [0.1, 0.15) is 34.3 Å². The molecule has 1 aliphatic rings. The zero-order valence-electron chi connectivity index (χ0n) is 16.0. The van der Waals surface area contributed by atoms with Crippen LogP contribution in [0.3, 0.4) is 0 Å². The van der Waals surface area contributed by atoms with E-state index >= 15 is 0 Å². The van der Waals surface area contributed by atoms with Crippen molar-refractivity contribution in [2.45, 2.75) is 25.4 Å². The number of carbonyl (C=O) groups excluding carboxylic acids is 2. The number of hydrogen-bond acceptors (Lipinski definition) is 4. The highest BCUT2D eigenvalue weighted by molar-refractivity contribution is 5.95. The Labute approximate surface area is 164 Å². The lowest BCUT2D eigenvalue weighted by Crippen LogP contribution is -2.25. The van der Waals surface area contributed by atoms with Crippen molar-refractivity contribution >= 4 is 17.9 Å². The van der Waals surface area contributed by atoms with Gasteiger partial charge in [0, 0.05) is 35.9 Å². The van der Waals surface area contributed by atoms with E-state index in [-0.39, 0.29) is 11.8 Å². The topological polar surface area (TPSA) is 76.7 Å². The Morgan fingerprint density at radius 3 is 2.46 bits per heavy atom. The molecule has 0 radical (unpaired) electrons. The number of carbonyl (C=O) groups is 2. The molecule has 2 aromatic rings. The molecule has 0 saturated heterocycles. The first-order valence-corrected chi connectivity index (χ1v) is 9.17. The predicted molar refractivity (Wildman–Crippen MR) is 107 cm³/mol. The molecule has 2 aromatic carbocycles. The van der Waals surface area contributed by atoms with Crippen LogP contribution in [0.2, 0.25) is 0 Å². The third-order valence-corrected chi connectivity index (χ3v) is 4.46. The van der Waals surface area contributed by atoms with Crippen LogP contribution in [0.5, 0.6) is 11.5 Å². The summed E-state index contributed by atoms with van der Waals surface area (Å²) in [4.78, 5) is 24.1. The maximum atomic E-state index is 12.1. The monoisotopic (exact) mass is 380 g/mol. The van der Waals surface area contributed by atoms with Crippen LogP contribution >= 0.6 is 0 Å². The highest BCUT2D eigenvalue weighted by Crippen LogP contribution is 2.24. The number of benzene rings is 2. The molecule has 0 heterocycles. The van der Waals surface area contributed by atoms with Gasteiger partial charge in [0.05, 0.1) is 14.2 Å². The molecule has 1 fully saturated rings. The van der Waals surface area contributed by atoms with Crippen molar-refractivity contribution in [3.05, 3.63) is 65.2 Å². The summed E-state index contributed by atoms with van der Waals surface area (Å²) in [5.74, 6) is 1.09. The van der Waals surface area contributed by atoms with E-state index in [1.165, 1.54) is 6.08 Å². The highest BCUT2D eigenvalue weighted by Gasteiger charge is 2.23. The van der Waals surface area contributed by atoms with Crippen molar-refractivity contribution in [2.24, 2.45) is 0 Å². The van der Waals surface area contributed by atoms with Gasteiger partial charge in [0.15, 0.2) is 0 Å². The molecule has 0 atom stereocenters. The summed E-state index contributed by atoms with van der Waals surface area (Å²) < 4.78 is 10.5. The molecule has 0 unspecified atom stereocenters. The Hall–Kier alpha value is -3.28. The molecule has 2 N–H and O–H groups in total. The van der Waals surface area contributed by atoms with Crippen molar-refractivity contribution in [3.63, 3.8) is 0 Å². The van der Waals surface area contributed by atoms with Crippen LogP contribution in [-0.4, -0.2) is 32.1 Å². The van der Waals surface area contributed by atoms with Gasteiger partial charge in [-0.15, -0.1) is 0 Å². The summed E-state index contributed by atoms with van der Waals surface area (Å²) in [5, 5.41) is 5.78. The molecule has 2 amide bonds. The fourth-order valence-electron chi connectivity index (χ4n) is 2.65. The largest absolute Gasteiger partial charge is 0.497 e. The molecule has 6 nitrogen and oxygen atoms in total. The molecule has 0 spiro atoms. The van der Waals surface area contributed by atoms with Crippen molar-refractivity contribution in [3.8, 4) is 11.5 Å². The first-order chi connectivity index (χ1) is 13.6. The number of nitrogens with one attached hydrogen (secondary N) is 2. The van der Waals surface area contributed by atoms with Crippen LogP contribution in [0.15, 0.2) is 48.5 Å². The van der Waals surface area contributed by atoms with Crippen LogP contribution in [0, 0.1) is 0 Å². The van der Waals surface area contributed by atoms with E-state index in [4.69, 9.17) is 9.47 Å². The average molecular weight is 380 g/mol. The predicted octanol–water partition coefficient (Wildman–Crippen LogP) is 2.93. The number of rotatable bonds is 8. The normalized spacial score (nSPS) is 13.2. The maximum absolute atomic E-state index is 12.1. The second kappa shape index (κ2) is 9.08. The second-order valence-electron chi connectivity index (χ2n) is 6.60. The minimum absolute atomic E-state index is 0.0517. The van der Waals surface area contributed by atoms with Gasteiger partial charge in [0.1, 0.15) is 11.5 Å². The Balaban J connectivity index is 1.53. The highest BCUT2D eigenvalue weighted by atomic mass is 16.5. The summed E-state index contributed by atoms with van der Waals surface area (Å²) in [6, 6.07) is 12.9. The molecule has 3 rings (SSSR count). The first-order valence-electron chi connectivity index (χ1n) is 9.17. The maximum Gasteiger partial charge on any atom is 0.251 e. The SMILES string of the molecule is COc1ccc(CNC(=O)/C=C/c2ccc(C(=O)NC3CC3)cc2)c(OC)c1. The molecular weight excluding hydrogens is 356 g/mol. The Bertz CT molecular complexity index is 871. The lowest BCUT2D eigenvalue weighted by molar-refractivity contribution is -0.116. The van der Waals surface area contributed by atoms with Gasteiger partial charge in [0.2, 0.25) is 5.91 Å². The fraction of sp³-hybridized carbons (Fsp3) is 0.273. The lowest BCUT2D eigenvalue weighted by Gasteiger charge is -2.10. The van der Waals surface area contributed by atoms with Crippen LogP contribution in [-0.2, 0) is 11.3 Å². The smallest absolute Gasteiger partial charge is 0.251 e. The minimum atomic E-state index is -0.214. The van der Waals surface area contributed by atoms with Crippen molar-refractivity contribution in [2.75, 3.05) is 14.2 Å². The summed E-state index contributed by atoms with van der Waals surface area (Å²) in [7, 11) is 3.17. The fourth-order valence-corrected chi connectivity index (χ4v) is 2.65. The summed E-state index contributed by atoms with van der Waals surface area (Å²) in [5.41, 5.74) is 2.33. The van der Waals surface area contributed by atoms with E-state index in [1.54, 1.807) is 38.5 Å². The third kappa shape index (κ3) is 5.36. The van der Waals surface area contributed by atoms with Gasteiger partial charge < -0.3 is 20.1 Å². The van der Waals surface area contributed by atoms with Crippen molar-refractivity contribution in [1.29, 1.82) is 0 Å². The van der Waals surface area contributed by atoms with Gasteiger partial charge in [-0.2, -0.15) is 0 Å². The summed E-state index contributed by atoms with van der Waals surface area (Å²) >= 11 is 0. The van der Waals surface area contributed by atoms with Gasteiger partial charge >= 0.3 is 0 Å². The third-order valence-electron chi connectivity index (χ3n) is 4.46. The van der Waals surface area contributed by atoms with Crippen molar-refractivity contribution < 1.29 is 19.1 Å². The van der Waals surface area contributed by atoms with Crippen molar-refractivity contribution in [1.82, 2.24) is 10.6 Å². The van der Waals surface area contributed by atoms with Gasteiger partial charge in [0.25, 0.3) is 5.91 Å². The van der Waals surface area contributed by atoms with Gasteiger partial charge in [-0.05, 0) is 48.7 Å². The van der Waals surface area contributed by atoms with Crippen LogP contribution < -0.4 is 20.1 Å². The van der Waals surface area contributed by atoms with E-state index in [2.05, 4.69) is 10.6 Å². The quantitative estimate of drug-likeness (QED) is 0.691. The Morgan fingerprint density at radius 1 is 1.07 bits per heavy atom. The van der Waals surface area contributed by atoms with E-state index in [1.807, 2.05) is 24.3 Å². The Kier molecular flexibility index (Phi) is 6.32. The summed E-state index contributed by atoms with van der Waals surface area (Å²) in [6.07, 6.45) is 5.30. The zero-order valence-corrected chi connectivity index (χ0v) is 16.0. The van der Waals surface area contributed by atoms with Gasteiger partial charge in [-0.3, -0.25) is 9.59 Å². The molecule has 1 aliphatic carbocycles. The molecule has 6 heteroatoms. The standard InChI is InChI=1S/C22H24N2O4/c1-27-19-11-8-17(20(13-19)28-2)14-23-21(25)12-5-15-3-6-16(7-4-15)22(26)24-18-9-10-18/h3-8,11-13,18H,9-10,14H2,1-2H3,(H,23,25)(H,24,26)/b12-5+. The van der Waals surface area contributed by atoms with E-state index in [0.29, 0.717) is 29.6 Å². The van der Waals surface area contributed by atoms with Gasteiger partial charge in [-0.25, -0.2) is 0 Å². The van der Waals surface area contributed by atoms with E-state index in [9.17, 15) is 9.59 Å². The minimum Gasteiger partial charge on any atom is -0.497 e. The van der Waals surface area contributed by atoms with E-state index < -0.39 is 0 Å². The number of ether oxygens (including phenoxy) is 2. The number of amides is 2. The molecule has 0 bridgehead atoms. The molecule has 1 saturated carbocycles. The lowest BCUT2D eigenvalue weighted by atomic mass is 10.1. The number of hydrogen-bond donors (Lipinski definition) is 2. The number of methoxy groups -OCH3 is 2. The van der Waals surface area contributed by atoms with Crippen LogP contribution in [0.4, 0.5) is 0 Å². The molecule has 146 valence electrons. The zero-order chi connectivity index (χ0) is 19.9.